The van der Waals surface area contributed by atoms with E-state index in [0.717, 1.165) is 5.82 Å². The molecule has 0 fully saturated rings. The van der Waals surface area contributed by atoms with Gasteiger partial charge in [0.15, 0.2) is 5.82 Å². The van der Waals surface area contributed by atoms with E-state index < -0.39 is 0 Å². The molecule has 3 heteroatoms. The van der Waals surface area contributed by atoms with Gasteiger partial charge in [-0.05, 0) is 35.9 Å². The Hall–Kier alpha value is -2.81. The molecule has 0 radical (unpaired) electrons. The molecule has 5 rings (SSSR count). The minimum absolute atomic E-state index is 0.00681. The van der Waals surface area contributed by atoms with Crippen LogP contribution in [0, 0.1) is 0 Å². The third-order valence-corrected chi connectivity index (χ3v) is 5.28. The lowest BCUT2D eigenvalue weighted by atomic mass is 9.83. The molecule has 1 unspecified atom stereocenters. The normalized spacial score (nSPS) is 18.5. The topological polar surface area (TPSA) is 19.4 Å². The molecule has 0 saturated carbocycles. The highest BCUT2D eigenvalue weighted by molar-refractivity contribution is 5.90. The summed E-state index contributed by atoms with van der Waals surface area (Å²) in [5.41, 5.74) is 5.03. The summed E-state index contributed by atoms with van der Waals surface area (Å²) < 4.78 is 0. The van der Waals surface area contributed by atoms with Crippen molar-refractivity contribution < 1.29 is 0 Å². The van der Waals surface area contributed by atoms with Crippen molar-refractivity contribution in [2.24, 2.45) is 0 Å². The van der Waals surface area contributed by atoms with Gasteiger partial charge in [0.05, 0.1) is 5.69 Å². The number of benzene rings is 2. The highest BCUT2D eigenvalue weighted by Gasteiger charge is 2.53. The lowest BCUT2D eigenvalue weighted by Crippen LogP contribution is -2.46. The second-order valence-electron chi connectivity index (χ2n) is 7.03. The first-order chi connectivity index (χ1) is 12.7. The first-order valence-electron chi connectivity index (χ1n) is 9.37. The van der Waals surface area contributed by atoms with Crippen molar-refractivity contribution in [3.8, 4) is 0 Å². The predicted octanol–water partition coefficient (Wildman–Crippen LogP) is 6.01. The fourth-order valence-electron chi connectivity index (χ4n) is 4.25. The fraction of sp³-hybridized carbons (Fsp3) is 0.261. The van der Waals surface area contributed by atoms with Crippen LogP contribution in [0.15, 0.2) is 72.9 Å². The summed E-state index contributed by atoms with van der Waals surface area (Å²) in [7, 11) is 0. The van der Waals surface area contributed by atoms with Crippen LogP contribution in [0.2, 0.25) is 0 Å². The van der Waals surface area contributed by atoms with Gasteiger partial charge < -0.3 is 9.80 Å². The first-order valence-corrected chi connectivity index (χ1v) is 9.37. The molecule has 132 valence electrons. The minimum Gasteiger partial charge on any atom is -0.316 e. The van der Waals surface area contributed by atoms with E-state index in [0.29, 0.717) is 0 Å². The van der Waals surface area contributed by atoms with Crippen molar-refractivity contribution in [1.29, 1.82) is 0 Å². The van der Waals surface area contributed by atoms with E-state index in [1.165, 1.54) is 22.6 Å². The summed E-state index contributed by atoms with van der Waals surface area (Å²) in [6.45, 7) is 8.66. The van der Waals surface area contributed by atoms with E-state index in [9.17, 15) is 0 Å². The number of hydrogen-bond acceptors (Lipinski definition) is 3. The number of hydrogen-bond donors (Lipinski definition) is 0. The zero-order valence-electron chi connectivity index (χ0n) is 15.8. The van der Waals surface area contributed by atoms with E-state index in [1.54, 1.807) is 0 Å². The second kappa shape index (κ2) is 6.17. The molecule has 2 aliphatic heterocycles. The van der Waals surface area contributed by atoms with E-state index in [2.05, 4.69) is 84.3 Å². The Kier molecular flexibility index (Phi) is 3.95. The third kappa shape index (κ3) is 2.16. The maximum Gasteiger partial charge on any atom is 0.158 e. The molecule has 1 atom stereocenters. The molecular weight excluding hydrogens is 318 g/mol. The van der Waals surface area contributed by atoms with Gasteiger partial charge >= 0.3 is 0 Å². The van der Waals surface area contributed by atoms with E-state index >= 15 is 0 Å². The van der Waals surface area contributed by atoms with Gasteiger partial charge in [-0.15, -0.1) is 0 Å². The fourth-order valence-corrected chi connectivity index (χ4v) is 4.25. The third-order valence-electron chi connectivity index (χ3n) is 5.28. The molecule has 3 nitrogen and oxygen atoms in total. The Morgan fingerprint density at radius 2 is 1.42 bits per heavy atom. The molecule has 0 bridgehead atoms. The molecule has 0 amide bonds. The summed E-state index contributed by atoms with van der Waals surface area (Å²) in [5, 5.41) is 0. The Labute approximate surface area is 155 Å². The van der Waals surface area contributed by atoms with E-state index in [-0.39, 0.29) is 11.6 Å². The van der Waals surface area contributed by atoms with Gasteiger partial charge in [-0.25, -0.2) is 4.98 Å². The molecule has 0 aliphatic carbocycles. The number of rotatable bonds is 1. The average molecular weight is 343 g/mol. The van der Waals surface area contributed by atoms with Crippen molar-refractivity contribution in [3.63, 3.8) is 0 Å². The maximum absolute atomic E-state index is 4.73. The highest BCUT2D eigenvalue weighted by atomic mass is 15.5. The summed E-state index contributed by atoms with van der Waals surface area (Å²) in [4.78, 5) is 9.56. The van der Waals surface area contributed by atoms with Crippen LogP contribution in [0.1, 0.15) is 33.3 Å². The van der Waals surface area contributed by atoms with Crippen LogP contribution < -0.4 is 9.80 Å². The molecular formula is C23H25N3. The number of nitrogens with zero attached hydrogens (tertiary/aromatic N) is 3. The predicted molar refractivity (Wildman–Crippen MR) is 110 cm³/mol. The number of pyridine rings is 1. The number of aromatic nitrogens is 1. The van der Waals surface area contributed by atoms with Crippen molar-refractivity contribution in [2.75, 3.05) is 9.80 Å². The lowest BCUT2D eigenvalue weighted by Gasteiger charge is -2.36. The van der Waals surface area contributed by atoms with E-state index in [1.807, 2.05) is 26.1 Å². The number of anilines is 4. The zero-order valence-corrected chi connectivity index (χ0v) is 15.8. The number of fused-ring (bicyclic) bond motifs is 5. The lowest BCUT2D eigenvalue weighted by molar-refractivity contribution is 0.450. The van der Waals surface area contributed by atoms with Crippen LogP contribution in [0.25, 0.3) is 0 Å². The second-order valence-corrected chi connectivity index (χ2v) is 7.03. The molecule has 1 aromatic heterocycles. The van der Waals surface area contributed by atoms with Gasteiger partial charge in [-0.1, -0.05) is 64.1 Å². The van der Waals surface area contributed by atoms with Crippen LogP contribution in [0.3, 0.4) is 0 Å². The van der Waals surface area contributed by atoms with Crippen LogP contribution in [-0.4, -0.2) is 11.1 Å². The maximum atomic E-state index is 4.73. The van der Waals surface area contributed by atoms with Crippen molar-refractivity contribution in [3.05, 3.63) is 78.5 Å². The zero-order chi connectivity index (χ0) is 18.3. The van der Waals surface area contributed by atoms with Crippen molar-refractivity contribution in [1.82, 2.24) is 4.98 Å². The summed E-state index contributed by atoms with van der Waals surface area (Å²) >= 11 is 0. The minimum atomic E-state index is -0.00681. The van der Waals surface area contributed by atoms with Gasteiger partial charge in [0, 0.05) is 23.0 Å². The quantitative estimate of drug-likeness (QED) is 0.539. The van der Waals surface area contributed by atoms with Crippen LogP contribution in [-0.2, 0) is 5.41 Å². The van der Waals surface area contributed by atoms with E-state index in [4.69, 9.17) is 4.98 Å². The van der Waals surface area contributed by atoms with Crippen LogP contribution >= 0.6 is 0 Å². The Bertz CT molecular complexity index is 903. The van der Waals surface area contributed by atoms with Gasteiger partial charge in [-0.3, -0.25) is 0 Å². The Balaban J connectivity index is 0.000000814. The molecule has 0 spiro atoms. The molecule has 3 aromatic rings. The highest BCUT2D eigenvalue weighted by Crippen LogP contribution is 2.57. The molecule has 0 N–H and O–H groups in total. The van der Waals surface area contributed by atoms with Gasteiger partial charge in [0.1, 0.15) is 6.17 Å². The van der Waals surface area contributed by atoms with Gasteiger partial charge in [0.25, 0.3) is 0 Å². The molecule has 2 aliphatic rings. The van der Waals surface area contributed by atoms with Crippen LogP contribution in [0.5, 0.6) is 0 Å². The summed E-state index contributed by atoms with van der Waals surface area (Å²) in [6, 6.07) is 23.5. The molecule has 26 heavy (non-hydrogen) atoms. The largest absolute Gasteiger partial charge is 0.316 e. The van der Waals surface area contributed by atoms with Crippen molar-refractivity contribution >= 4 is 22.9 Å². The average Bonchev–Trinajstić information content (AvgIpc) is 3.16. The smallest absolute Gasteiger partial charge is 0.158 e. The summed E-state index contributed by atoms with van der Waals surface area (Å²) in [5.74, 6) is 1.05. The molecule has 2 aromatic carbocycles. The monoisotopic (exact) mass is 343 g/mol. The van der Waals surface area contributed by atoms with Gasteiger partial charge in [-0.2, -0.15) is 0 Å². The van der Waals surface area contributed by atoms with Gasteiger partial charge in [0.2, 0.25) is 0 Å². The molecule has 0 saturated heterocycles. The Morgan fingerprint density at radius 3 is 2.19 bits per heavy atom. The van der Waals surface area contributed by atoms with Crippen molar-refractivity contribution in [2.45, 2.75) is 39.3 Å². The standard InChI is InChI=1S/C21H19N3.C2H6/c1-21(2)16-11-6-7-12-17(16)24-19-18(13-8-14-22-19)23(20(21)24)15-9-4-3-5-10-15;1-2/h3-14,20H,1-2H3;1-2H3. The van der Waals surface area contributed by atoms with Crippen LogP contribution in [0.4, 0.5) is 22.9 Å². The Morgan fingerprint density at radius 1 is 0.769 bits per heavy atom. The summed E-state index contributed by atoms with van der Waals surface area (Å²) in [6.07, 6.45) is 2.08. The number of para-hydroxylation sites is 2. The molecule has 3 heterocycles. The first kappa shape index (κ1) is 16.6. The SMILES string of the molecule is CC.CC1(C)c2ccccc2N2c3ncccc3N(c3ccccc3)C21.